The molecule has 0 aliphatic carbocycles. The Hall–Kier alpha value is -1.66. The number of rotatable bonds is 7. The van der Waals surface area contributed by atoms with Crippen LogP contribution in [-0.2, 0) is 6.42 Å². The summed E-state index contributed by atoms with van der Waals surface area (Å²) in [6.45, 7) is 3.64. The lowest BCUT2D eigenvalue weighted by Gasteiger charge is -2.15. The second-order valence-corrected chi connectivity index (χ2v) is 3.52. The minimum Gasteiger partial charge on any atom is -0.490 e. The Kier molecular flexibility index (Phi) is 5.98. The molecule has 0 spiro atoms. The number of terminal acetylenes is 1. The zero-order chi connectivity index (χ0) is 12.5. The average Bonchev–Trinajstić information content (AvgIpc) is 2.33. The average molecular weight is 233 g/mol. The summed E-state index contributed by atoms with van der Waals surface area (Å²) in [5, 5.41) is 0. The Labute approximate surface area is 103 Å². The van der Waals surface area contributed by atoms with Gasteiger partial charge in [-0.05, 0) is 31.5 Å². The van der Waals surface area contributed by atoms with Crippen LogP contribution in [0.1, 0.15) is 18.9 Å². The minimum absolute atomic E-state index is 0.498. The predicted molar refractivity (Wildman–Crippen MR) is 69.3 cm³/mol. The molecule has 3 nitrogen and oxygen atoms in total. The maximum Gasteiger partial charge on any atom is 0.164 e. The molecule has 0 saturated carbocycles. The Morgan fingerprint density at radius 2 is 2.18 bits per heavy atom. The first-order valence-corrected chi connectivity index (χ1v) is 5.84. The van der Waals surface area contributed by atoms with Crippen molar-refractivity contribution in [3.8, 4) is 23.8 Å². The second-order valence-electron chi connectivity index (χ2n) is 3.52. The molecule has 0 aliphatic heterocycles. The molecular formula is C14H19NO2. The van der Waals surface area contributed by atoms with Gasteiger partial charge in [-0.25, -0.2) is 0 Å². The summed E-state index contributed by atoms with van der Waals surface area (Å²) in [4.78, 5) is 0. The summed E-state index contributed by atoms with van der Waals surface area (Å²) in [6.07, 6.45) is 6.56. The van der Waals surface area contributed by atoms with E-state index in [9.17, 15) is 0 Å². The van der Waals surface area contributed by atoms with Gasteiger partial charge in [-0.3, -0.25) is 0 Å². The van der Waals surface area contributed by atoms with E-state index < -0.39 is 0 Å². The van der Waals surface area contributed by atoms with Crippen LogP contribution in [0.15, 0.2) is 18.2 Å². The fraction of sp³-hybridized carbons (Fsp3) is 0.429. The molecule has 0 aromatic heterocycles. The van der Waals surface area contributed by atoms with Crippen LogP contribution in [0.3, 0.4) is 0 Å². The van der Waals surface area contributed by atoms with E-state index in [0.29, 0.717) is 26.2 Å². The maximum absolute atomic E-state index is 5.69. The lowest BCUT2D eigenvalue weighted by molar-refractivity contribution is 0.279. The summed E-state index contributed by atoms with van der Waals surface area (Å²) in [5.41, 5.74) is 6.64. The van der Waals surface area contributed by atoms with E-state index in [4.69, 9.17) is 21.6 Å². The first-order valence-electron chi connectivity index (χ1n) is 5.84. The van der Waals surface area contributed by atoms with Gasteiger partial charge >= 0.3 is 0 Å². The number of ether oxygens (including phenoxy) is 2. The van der Waals surface area contributed by atoms with Crippen molar-refractivity contribution < 1.29 is 9.47 Å². The molecule has 1 rings (SSSR count). The molecule has 1 aromatic rings. The van der Waals surface area contributed by atoms with Crippen molar-refractivity contribution in [2.24, 2.45) is 5.73 Å². The number of para-hydroxylation sites is 1. The highest BCUT2D eigenvalue weighted by atomic mass is 16.5. The zero-order valence-electron chi connectivity index (χ0n) is 10.2. The highest BCUT2D eigenvalue weighted by molar-refractivity contribution is 5.46. The summed E-state index contributed by atoms with van der Waals surface area (Å²) in [7, 11) is 0. The monoisotopic (exact) mass is 233 g/mol. The van der Waals surface area contributed by atoms with E-state index >= 15 is 0 Å². The summed E-state index contributed by atoms with van der Waals surface area (Å²) >= 11 is 0. The van der Waals surface area contributed by atoms with Gasteiger partial charge in [0.1, 0.15) is 0 Å². The molecule has 0 amide bonds. The van der Waals surface area contributed by atoms with E-state index in [1.165, 1.54) is 0 Å². The fourth-order valence-corrected chi connectivity index (χ4v) is 1.56. The molecule has 0 saturated heterocycles. The van der Waals surface area contributed by atoms with Gasteiger partial charge in [-0.1, -0.05) is 12.1 Å². The first-order chi connectivity index (χ1) is 8.33. The van der Waals surface area contributed by atoms with Crippen LogP contribution in [0.5, 0.6) is 11.5 Å². The molecule has 0 heterocycles. The lowest BCUT2D eigenvalue weighted by atomic mass is 10.1. The Morgan fingerprint density at radius 3 is 2.82 bits per heavy atom. The molecule has 0 unspecified atom stereocenters. The number of nitrogens with two attached hydrogens (primary N) is 1. The largest absolute Gasteiger partial charge is 0.490 e. The van der Waals surface area contributed by atoms with Crippen molar-refractivity contribution >= 4 is 0 Å². The van der Waals surface area contributed by atoms with E-state index in [0.717, 1.165) is 23.5 Å². The van der Waals surface area contributed by atoms with Gasteiger partial charge in [-0.15, -0.1) is 12.3 Å². The van der Waals surface area contributed by atoms with Crippen molar-refractivity contribution in [3.63, 3.8) is 0 Å². The number of hydrogen-bond donors (Lipinski definition) is 1. The maximum atomic E-state index is 5.69. The molecule has 17 heavy (non-hydrogen) atoms. The van der Waals surface area contributed by atoms with Crippen LogP contribution in [0.2, 0.25) is 0 Å². The Bertz CT molecular complexity index is 358. The Balaban J connectivity index is 2.88. The lowest BCUT2D eigenvalue weighted by Crippen LogP contribution is -2.07. The summed E-state index contributed by atoms with van der Waals surface area (Å²) in [6, 6.07) is 5.85. The highest BCUT2D eigenvalue weighted by Gasteiger charge is 2.10. The number of benzene rings is 1. The molecule has 3 heteroatoms. The molecule has 0 radical (unpaired) electrons. The second kappa shape index (κ2) is 7.59. The molecule has 1 aromatic carbocycles. The van der Waals surface area contributed by atoms with Gasteiger partial charge in [0.2, 0.25) is 0 Å². The van der Waals surface area contributed by atoms with Crippen LogP contribution >= 0.6 is 0 Å². The molecule has 0 fully saturated rings. The fourth-order valence-electron chi connectivity index (χ4n) is 1.56. The number of hydrogen-bond acceptors (Lipinski definition) is 3. The van der Waals surface area contributed by atoms with Crippen LogP contribution in [0.4, 0.5) is 0 Å². The predicted octanol–water partition coefficient (Wildman–Crippen LogP) is 1.99. The molecule has 92 valence electrons. The van der Waals surface area contributed by atoms with E-state index in [-0.39, 0.29) is 0 Å². The Morgan fingerprint density at radius 1 is 1.35 bits per heavy atom. The van der Waals surface area contributed by atoms with Crippen LogP contribution < -0.4 is 15.2 Å². The van der Waals surface area contributed by atoms with Gasteiger partial charge in [0.05, 0.1) is 13.2 Å². The standard InChI is InChI=1S/C14H19NO2/c1-3-5-11-17-14-12(9-10-15)7-6-8-13(14)16-4-2/h1,6-8H,4-5,9-11,15H2,2H3. The molecular weight excluding hydrogens is 214 g/mol. The van der Waals surface area contributed by atoms with E-state index in [1.807, 2.05) is 25.1 Å². The summed E-state index contributed by atoms with van der Waals surface area (Å²) in [5.74, 6) is 4.08. The van der Waals surface area contributed by atoms with Gasteiger partial charge in [-0.2, -0.15) is 0 Å². The SMILES string of the molecule is C#CCCOc1c(CCN)cccc1OCC. The molecule has 0 bridgehead atoms. The van der Waals surface area contributed by atoms with Gasteiger partial charge in [0.15, 0.2) is 11.5 Å². The van der Waals surface area contributed by atoms with Crippen molar-refractivity contribution in [3.05, 3.63) is 23.8 Å². The third kappa shape index (κ3) is 4.01. The topological polar surface area (TPSA) is 44.5 Å². The van der Waals surface area contributed by atoms with Crippen LogP contribution in [-0.4, -0.2) is 19.8 Å². The molecule has 0 aliphatic rings. The normalized spacial score (nSPS) is 9.71. The van der Waals surface area contributed by atoms with Gasteiger partial charge in [0, 0.05) is 6.42 Å². The van der Waals surface area contributed by atoms with Crippen molar-refractivity contribution in [2.75, 3.05) is 19.8 Å². The van der Waals surface area contributed by atoms with Gasteiger partial charge in [0.25, 0.3) is 0 Å². The van der Waals surface area contributed by atoms with E-state index in [1.54, 1.807) is 0 Å². The third-order valence-electron chi connectivity index (χ3n) is 2.27. The van der Waals surface area contributed by atoms with Crippen molar-refractivity contribution in [1.29, 1.82) is 0 Å². The van der Waals surface area contributed by atoms with Crippen LogP contribution in [0, 0.1) is 12.3 Å². The molecule has 0 atom stereocenters. The summed E-state index contributed by atoms with van der Waals surface area (Å²) < 4.78 is 11.2. The van der Waals surface area contributed by atoms with Gasteiger partial charge < -0.3 is 15.2 Å². The quantitative estimate of drug-likeness (QED) is 0.578. The van der Waals surface area contributed by atoms with E-state index in [2.05, 4.69) is 5.92 Å². The molecule has 2 N–H and O–H groups in total. The van der Waals surface area contributed by atoms with Crippen molar-refractivity contribution in [1.82, 2.24) is 0 Å². The first kappa shape index (κ1) is 13.4. The van der Waals surface area contributed by atoms with Crippen molar-refractivity contribution in [2.45, 2.75) is 19.8 Å². The smallest absolute Gasteiger partial charge is 0.164 e. The van der Waals surface area contributed by atoms with Crippen LogP contribution in [0.25, 0.3) is 0 Å². The minimum atomic E-state index is 0.498. The third-order valence-corrected chi connectivity index (χ3v) is 2.27. The highest BCUT2D eigenvalue weighted by Crippen LogP contribution is 2.31. The zero-order valence-corrected chi connectivity index (χ0v) is 10.2.